The van der Waals surface area contributed by atoms with Crippen LogP contribution in [0.25, 0.3) is 0 Å². The molecule has 0 saturated heterocycles. The molecule has 2 N–H and O–H groups in total. The molecule has 1 amide bonds. The smallest absolute Gasteiger partial charge is 0.251 e. The lowest BCUT2D eigenvalue weighted by Crippen LogP contribution is -2.41. The van der Waals surface area contributed by atoms with Gasteiger partial charge in [-0.25, -0.2) is 13.1 Å². The van der Waals surface area contributed by atoms with E-state index in [0.29, 0.717) is 17.7 Å². The van der Waals surface area contributed by atoms with Crippen molar-refractivity contribution in [1.29, 1.82) is 0 Å². The zero-order valence-corrected chi connectivity index (χ0v) is 16.8. The van der Waals surface area contributed by atoms with Crippen LogP contribution in [0.5, 0.6) is 5.75 Å². The van der Waals surface area contributed by atoms with E-state index >= 15 is 0 Å². The average Bonchev–Trinajstić information content (AvgIpc) is 3.44. The van der Waals surface area contributed by atoms with Gasteiger partial charge in [-0.05, 0) is 51.0 Å². The van der Waals surface area contributed by atoms with Gasteiger partial charge in [0.15, 0.2) is 0 Å². The normalized spacial score (nSPS) is 20.7. The highest BCUT2D eigenvalue weighted by atomic mass is 32.2. The number of benzene rings is 2. The number of sulfonamides is 1. The second kappa shape index (κ2) is 6.90. The second-order valence-corrected chi connectivity index (χ2v) is 9.77. The second-order valence-electron chi connectivity index (χ2n) is 8.05. The lowest BCUT2D eigenvalue weighted by Gasteiger charge is -2.37. The minimum atomic E-state index is -3.81. The molecule has 1 aliphatic carbocycles. The topological polar surface area (TPSA) is 84.5 Å². The molecule has 2 aromatic carbocycles. The van der Waals surface area contributed by atoms with Gasteiger partial charge in [-0.1, -0.05) is 24.3 Å². The van der Waals surface area contributed by atoms with Crippen molar-refractivity contribution >= 4 is 15.9 Å². The van der Waals surface area contributed by atoms with Gasteiger partial charge in [0, 0.05) is 23.6 Å². The van der Waals surface area contributed by atoms with Crippen molar-refractivity contribution in [3.05, 3.63) is 59.7 Å². The molecular weight excluding hydrogens is 376 g/mol. The van der Waals surface area contributed by atoms with Crippen molar-refractivity contribution in [3.63, 3.8) is 0 Å². The Labute approximate surface area is 165 Å². The van der Waals surface area contributed by atoms with Crippen molar-refractivity contribution in [2.24, 2.45) is 0 Å². The molecule has 1 fully saturated rings. The minimum Gasteiger partial charge on any atom is -0.487 e. The van der Waals surface area contributed by atoms with E-state index in [1.165, 1.54) is 12.1 Å². The number of ether oxygens (including phenoxy) is 1. The number of rotatable bonds is 5. The highest BCUT2D eigenvalue weighted by Gasteiger charge is 2.36. The van der Waals surface area contributed by atoms with E-state index in [2.05, 4.69) is 10.0 Å². The molecular formula is C21H24N2O4S. The summed E-state index contributed by atoms with van der Waals surface area (Å²) < 4.78 is 34.9. The maximum atomic E-state index is 13.0. The first-order chi connectivity index (χ1) is 13.2. The summed E-state index contributed by atoms with van der Waals surface area (Å²) in [5.74, 6) is 0.445. The Morgan fingerprint density at radius 2 is 1.86 bits per heavy atom. The van der Waals surface area contributed by atoms with Crippen LogP contribution in [-0.2, 0) is 10.0 Å². The van der Waals surface area contributed by atoms with E-state index in [-0.39, 0.29) is 16.8 Å². The van der Waals surface area contributed by atoms with Crippen LogP contribution in [0.2, 0.25) is 0 Å². The van der Waals surface area contributed by atoms with Crippen molar-refractivity contribution in [2.45, 2.75) is 55.7 Å². The summed E-state index contributed by atoms with van der Waals surface area (Å²) in [4.78, 5) is 12.4. The summed E-state index contributed by atoms with van der Waals surface area (Å²) in [7, 11) is -3.81. The van der Waals surface area contributed by atoms with Gasteiger partial charge in [0.25, 0.3) is 5.91 Å². The zero-order valence-electron chi connectivity index (χ0n) is 15.9. The number of amides is 1. The van der Waals surface area contributed by atoms with E-state index in [1.807, 2.05) is 38.1 Å². The molecule has 0 spiro atoms. The Morgan fingerprint density at radius 1 is 1.11 bits per heavy atom. The van der Waals surface area contributed by atoms with Gasteiger partial charge >= 0.3 is 0 Å². The van der Waals surface area contributed by atoms with Crippen LogP contribution < -0.4 is 14.8 Å². The largest absolute Gasteiger partial charge is 0.487 e. The highest BCUT2D eigenvalue weighted by Crippen LogP contribution is 2.39. The third kappa shape index (κ3) is 4.05. The molecule has 0 bridgehead atoms. The van der Waals surface area contributed by atoms with Crippen LogP contribution in [0.15, 0.2) is 53.4 Å². The van der Waals surface area contributed by atoms with Gasteiger partial charge in [-0.3, -0.25) is 4.79 Å². The molecule has 148 valence electrons. The number of fused-ring (bicyclic) bond motifs is 1. The molecule has 0 radical (unpaired) electrons. The zero-order chi connectivity index (χ0) is 19.9. The first kappa shape index (κ1) is 19.0. The predicted molar refractivity (Wildman–Crippen MR) is 106 cm³/mol. The molecule has 1 atom stereocenters. The van der Waals surface area contributed by atoms with Crippen LogP contribution in [0, 0.1) is 0 Å². The molecule has 1 saturated carbocycles. The standard InChI is InChI=1S/C21H24N2O4S/c1-21(2)13-18(17-8-3-4-9-19(17)27-21)23-28(25,26)16-7-5-6-14(12-16)20(24)22-15-10-11-15/h3-9,12,15,18,23H,10-11,13H2,1-2H3,(H,22,24). The lowest BCUT2D eigenvalue weighted by atomic mass is 9.90. The number of hydrogen-bond acceptors (Lipinski definition) is 4. The Kier molecular flexibility index (Phi) is 4.67. The molecule has 28 heavy (non-hydrogen) atoms. The van der Waals surface area contributed by atoms with Crippen LogP contribution in [0.3, 0.4) is 0 Å². The molecule has 6 nitrogen and oxygen atoms in total. The Bertz CT molecular complexity index is 1010. The van der Waals surface area contributed by atoms with Crippen molar-refractivity contribution < 1.29 is 17.9 Å². The molecule has 2 aliphatic rings. The summed E-state index contributed by atoms with van der Waals surface area (Å²) >= 11 is 0. The molecule has 7 heteroatoms. The molecule has 2 aromatic rings. The van der Waals surface area contributed by atoms with Crippen LogP contribution in [0.4, 0.5) is 0 Å². The number of carbonyl (C=O) groups excluding carboxylic acids is 1. The third-order valence-corrected chi connectivity index (χ3v) is 6.46. The molecule has 1 aliphatic heterocycles. The van der Waals surface area contributed by atoms with Gasteiger partial charge < -0.3 is 10.1 Å². The van der Waals surface area contributed by atoms with Gasteiger partial charge in [0.05, 0.1) is 10.9 Å². The number of nitrogens with one attached hydrogen (secondary N) is 2. The minimum absolute atomic E-state index is 0.0812. The number of para-hydroxylation sites is 1. The van der Waals surface area contributed by atoms with Crippen LogP contribution in [-0.4, -0.2) is 26.0 Å². The summed E-state index contributed by atoms with van der Waals surface area (Å²) in [6.07, 6.45) is 2.46. The van der Waals surface area contributed by atoms with Crippen molar-refractivity contribution in [2.75, 3.05) is 0 Å². The molecule has 1 heterocycles. The van der Waals surface area contributed by atoms with E-state index in [1.54, 1.807) is 12.1 Å². The molecule has 1 unspecified atom stereocenters. The Balaban J connectivity index is 1.60. The average molecular weight is 401 g/mol. The van der Waals surface area contributed by atoms with Gasteiger partial charge in [-0.15, -0.1) is 0 Å². The fraction of sp³-hybridized carbons (Fsp3) is 0.381. The summed E-state index contributed by atoms with van der Waals surface area (Å²) in [5.41, 5.74) is 0.670. The SMILES string of the molecule is CC1(C)CC(NS(=O)(=O)c2cccc(C(=O)NC3CC3)c2)c2ccccc2O1. The van der Waals surface area contributed by atoms with Gasteiger partial charge in [0.2, 0.25) is 10.0 Å². The van der Waals surface area contributed by atoms with Crippen molar-refractivity contribution in [1.82, 2.24) is 10.0 Å². The first-order valence-corrected chi connectivity index (χ1v) is 10.9. The van der Waals surface area contributed by atoms with Crippen LogP contribution in [0.1, 0.15) is 55.1 Å². The summed E-state index contributed by atoms with van der Waals surface area (Å²) in [6.45, 7) is 3.88. The lowest BCUT2D eigenvalue weighted by molar-refractivity contribution is 0.0702. The maximum absolute atomic E-state index is 13.0. The predicted octanol–water partition coefficient (Wildman–Crippen LogP) is 3.16. The van der Waals surface area contributed by atoms with E-state index in [4.69, 9.17) is 4.74 Å². The van der Waals surface area contributed by atoms with Gasteiger partial charge in [0.1, 0.15) is 11.4 Å². The summed E-state index contributed by atoms with van der Waals surface area (Å²) in [6, 6.07) is 13.4. The van der Waals surface area contributed by atoms with Crippen molar-refractivity contribution in [3.8, 4) is 5.75 Å². The van der Waals surface area contributed by atoms with E-state index < -0.39 is 21.7 Å². The molecule has 4 rings (SSSR count). The van der Waals surface area contributed by atoms with Gasteiger partial charge in [-0.2, -0.15) is 0 Å². The summed E-state index contributed by atoms with van der Waals surface area (Å²) in [5, 5.41) is 2.88. The Morgan fingerprint density at radius 3 is 2.61 bits per heavy atom. The third-order valence-electron chi connectivity index (χ3n) is 4.99. The molecule has 0 aromatic heterocycles. The fourth-order valence-electron chi connectivity index (χ4n) is 3.46. The number of carbonyl (C=O) groups is 1. The monoisotopic (exact) mass is 400 g/mol. The fourth-order valence-corrected chi connectivity index (χ4v) is 4.72. The maximum Gasteiger partial charge on any atom is 0.251 e. The van der Waals surface area contributed by atoms with E-state index in [9.17, 15) is 13.2 Å². The van der Waals surface area contributed by atoms with Crippen LogP contribution >= 0.6 is 0 Å². The first-order valence-electron chi connectivity index (χ1n) is 9.45. The quantitative estimate of drug-likeness (QED) is 0.807. The number of hydrogen-bond donors (Lipinski definition) is 2. The van der Waals surface area contributed by atoms with E-state index in [0.717, 1.165) is 18.4 Å². The highest BCUT2D eigenvalue weighted by molar-refractivity contribution is 7.89. The Hall–Kier alpha value is -2.38.